The lowest BCUT2D eigenvalue weighted by molar-refractivity contribution is -0.911. The van der Waals surface area contributed by atoms with Crippen molar-refractivity contribution in [3.05, 3.63) is 65.2 Å². The number of rotatable bonds is 9. The van der Waals surface area contributed by atoms with Gasteiger partial charge in [-0.1, -0.05) is 56.3 Å². The smallest absolute Gasteiger partial charge is 0.137 e. The van der Waals surface area contributed by atoms with E-state index in [-0.39, 0.29) is 12.4 Å². The normalized spacial score (nSPS) is 11.9. The molecule has 1 N–H and O–H groups in total. The van der Waals surface area contributed by atoms with E-state index in [2.05, 4.69) is 69.3 Å². The number of aryl methyl sites for hydroxylation is 1. The van der Waals surface area contributed by atoms with E-state index < -0.39 is 0 Å². The monoisotopic (exact) mass is 381 g/mol. The van der Waals surface area contributed by atoms with E-state index in [1.807, 2.05) is 0 Å². The molecule has 0 aliphatic carbocycles. The third kappa shape index (κ3) is 7.27. The molecule has 0 amide bonds. The first-order valence-corrected chi connectivity index (χ1v) is 9.30. The van der Waals surface area contributed by atoms with Crippen molar-refractivity contribution in [3.63, 3.8) is 0 Å². The maximum Gasteiger partial charge on any atom is 0.137 e. The van der Waals surface area contributed by atoms with Gasteiger partial charge in [0.05, 0.1) is 12.4 Å². The van der Waals surface area contributed by atoms with Crippen LogP contribution >= 0.6 is 11.6 Å². The standard InChI is InChI=1S/C21H28ClNO.ClH/c1-17(2)20-10-9-18(3)15-21(20)24-14-13-23(12-11-22)16-19-7-5-4-6-8-19;/h4-10,15,17H,11-14,16H2,1-3H3;1H. The Morgan fingerprint density at radius 2 is 1.76 bits per heavy atom. The van der Waals surface area contributed by atoms with Crippen molar-refractivity contribution >= 4 is 11.6 Å². The van der Waals surface area contributed by atoms with E-state index in [1.54, 1.807) is 0 Å². The van der Waals surface area contributed by atoms with Gasteiger partial charge >= 0.3 is 0 Å². The minimum atomic E-state index is 0. The molecule has 1 unspecified atom stereocenters. The average Bonchev–Trinajstić information content (AvgIpc) is 2.56. The molecule has 0 radical (unpaired) electrons. The molecular weight excluding hydrogens is 353 g/mol. The van der Waals surface area contributed by atoms with Gasteiger partial charge in [-0.05, 0) is 30.0 Å². The zero-order valence-electron chi connectivity index (χ0n) is 15.4. The molecule has 0 aromatic heterocycles. The molecular formula is C21H29Cl2NO. The second-order valence-corrected chi connectivity index (χ2v) is 7.02. The van der Waals surface area contributed by atoms with Gasteiger partial charge < -0.3 is 22.0 Å². The highest BCUT2D eigenvalue weighted by molar-refractivity contribution is 6.17. The number of halogens is 2. The lowest BCUT2D eigenvalue weighted by atomic mass is 10.0. The van der Waals surface area contributed by atoms with Gasteiger partial charge in [-0.3, -0.25) is 0 Å². The molecule has 2 aromatic rings. The molecule has 4 heteroatoms. The molecule has 0 heterocycles. The van der Waals surface area contributed by atoms with Crippen molar-refractivity contribution in [3.8, 4) is 5.75 Å². The van der Waals surface area contributed by atoms with Gasteiger partial charge in [0.2, 0.25) is 0 Å². The summed E-state index contributed by atoms with van der Waals surface area (Å²) in [5, 5.41) is 0. The number of ether oxygens (including phenoxy) is 1. The largest absolute Gasteiger partial charge is 1.00 e. The van der Waals surface area contributed by atoms with E-state index in [0.29, 0.717) is 18.4 Å². The minimum absolute atomic E-state index is 0. The Morgan fingerprint density at radius 3 is 2.40 bits per heavy atom. The summed E-state index contributed by atoms with van der Waals surface area (Å²) in [6.45, 7) is 10.1. The Morgan fingerprint density at radius 1 is 1.04 bits per heavy atom. The first kappa shape index (κ1) is 21.8. The van der Waals surface area contributed by atoms with Crippen LogP contribution in [0.4, 0.5) is 0 Å². The molecule has 2 rings (SSSR count). The Hall–Kier alpha value is -1.22. The third-order valence-electron chi connectivity index (χ3n) is 4.25. The quantitative estimate of drug-likeness (QED) is 0.635. The van der Waals surface area contributed by atoms with Crippen LogP contribution in [0.2, 0.25) is 0 Å². The molecule has 0 aliphatic heterocycles. The fourth-order valence-corrected chi connectivity index (χ4v) is 3.14. The van der Waals surface area contributed by atoms with Gasteiger partial charge in [-0.15, -0.1) is 11.6 Å². The molecule has 1 atom stereocenters. The number of alkyl halides is 1. The molecule has 2 nitrogen and oxygen atoms in total. The SMILES string of the molecule is Cc1ccc(C(C)C)c(OCC[NH+](CCCl)Cc2ccccc2)c1.[Cl-]. The Bertz CT molecular complexity index is 617. The fraction of sp³-hybridized carbons (Fsp3) is 0.429. The summed E-state index contributed by atoms with van der Waals surface area (Å²) in [6, 6.07) is 17.1. The van der Waals surface area contributed by atoms with Crippen molar-refractivity contribution in [2.75, 3.05) is 25.6 Å². The summed E-state index contributed by atoms with van der Waals surface area (Å²) in [6.07, 6.45) is 0. The zero-order chi connectivity index (χ0) is 17.4. The summed E-state index contributed by atoms with van der Waals surface area (Å²) in [4.78, 5) is 1.45. The van der Waals surface area contributed by atoms with E-state index >= 15 is 0 Å². The van der Waals surface area contributed by atoms with Gasteiger partial charge in [0.1, 0.15) is 25.4 Å². The zero-order valence-corrected chi connectivity index (χ0v) is 16.9. The maximum absolute atomic E-state index is 6.13. The third-order valence-corrected chi connectivity index (χ3v) is 4.44. The maximum atomic E-state index is 6.13. The van der Waals surface area contributed by atoms with E-state index in [1.165, 1.54) is 21.6 Å². The molecule has 0 bridgehead atoms. The van der Waals surface area contributed by atoms with Crippen LogP contribution in [0, 0.1) is 6.92 Å². The highest BCUT2D eigenvalue weighted by Crippen LogP contribution is 2.27. The minimum Gasteiger partial charge on any atom is -1.00 e. The lowest BCUT2D eigenvalue weighted by Crippen LogP contribution is -3.11. The van der Waals surface area contributed by atoms with Crippen molar-refractivity contribution in [1.82, 2.24) is 0 Å². The predicted octanol–water partition coefficient (Wildman–Crippen LogP) is 0.825. The summed E-state index contributed by atoms with van der Waals surface area (Å²) in [7, 11) is 0. The number of quaternary nitrogens is 1. The van der Waals surface area contributed by atoms with Crippen molar-refractivity contribution < 1.29 is 22.0 Å². The van der Waals surface area contributed by atoms with Crippen LogP contribution in [0.15, 0.2) is 48.5 Å². The first-order valence-electron chi connectivity index (χ1n) is 8.77. The molecule has 138 valence electrons. The van der Waals surface area contributed by atoms with Crippen LogP contribution in [-0.2, 0) is 6.54 Å². The molecule has 2 aromatic carbocycles. The number of hydrogen-bond acceptors (Lipinski definition) is 1. The Balaban J connectivity index is 0.00000312. The van der Waals surface area contributed by atoms with Crippen LogP contribution in [0.1, 0.15) is 36.5 Å². The second-order valence-electron chi connectivity index (χ2n) is 6.65. The average molecular weight is 382 g/mol. The van der Waals surface area contributed by atoms with Crippen molar-refractivity contribution in [2.45, 2.75) is 33.2 Å². The summed E-state index contributed by atoms with van der Waals surface area (Å²) >= 11 is 5.98. The van der Waals surface area contributed by atoms with Crippen LogP contribution in [0.5, 0.6) is 5.75 Å². The fourth-order valence-electron chi connectivity index (χ4n) is 2.87. The predicted molar refractivity (Wildman–Crippen MR) is 102 cm³/mol. The van der Waals surface area contributed by atoms with Crippen LogP contribution < -0.4 is 22.0 Å². The van der Waals surface area contributed by atoms with Crippen LogP contribution in [0.3, 0.4) is 0 Å². The number of benzene rings is 2. The van der Waals surface area contributed by atoms with Gasteiger partial charge in [-0.25, -0.2) is 0 Å². The summed E-state index contributed by atoms with van der Waals surface area (Å²) in [5.74, 6) is 2.16. The first-order chi connectivity index (χ1) is 11.6. The van der Waals surface area contributed by atoms with Crippen molar-refractivity contribution in [2.24, 2.45) is 0 Å². The Labute approximate surface area is 163 Å². The number of hydrogen-bond donors (Lipinski definition) is 1. The van der Waals surface area contributed by atoms with Crippen LogP contribution in [0.25, 0.3) is 0 Å². The topological polar surface area (TPSA) is 13.7 Å². The van der Waals surface area contributed by atoms with E-state index in [0.717, 1.165) is 25.4 Å². The van der Waals surface area contributed by atoms with E-state index in [4.69, 9.17) is 16.3 Å². The molecule has 0 aliphatic rings. The van der Waals surface area contributed by atoms with Gasteiger partial charge in [-0.2, -0.15) is 0 Å². The van der Waals surface area contributed by atoms with Gasteiger partial charge in [0.15, 0.2) is 0 Å². The Kier molecular flexibility index (Phi) is 9.96. The summed E-state index contributed by atoms with van der Waals surface area (Å²) < 4.78 is 6.13. The highest BCUT2D eigenvalue weighted by Gasteiger charge is 2.12. The van der Waals surface area contributed by atoms with Crippen LogP contribution in [-0.4, -0.2) is 25.6 Å². The van der Waals surface area contributed by atoms with E-state index in [9.17, 15) is 0 Å². The molecule has 0 saturated carbocycles. The second kappa shape index (κ2) is 11.4. The highest BCUT2D eigenvalue weighted by atomic mass is 35.5. The molecule has 0 fully saturated rings. The molecule has 25 heavy (non-hydrogen) atoms. The number of nitrogens with one attached hydrogen (secondary N) is 1. The lowest BCUT2D eigenvalue weighted by Gasteiger charge is -2.20. The summed E-state index contributed by atoms with van der Waals surface area (Å²) in [5.41, 5.74) is 3.86. The van der Waals surface area contributed by atoms with Gasteiger partial charge in [0, 0.05) is 5.56 Å². The molecule has 0 spiro atoms. The van der Waals surface area contributed by atoms with Gasteiger partial charge in [0.25, 0.3) is 0 Å². The molecule has 0 saturated heterocycles. The van der Waals surface area contributed by atoms with Crippen molar-refractivity contribution in [1.29, 1.82) is 0 Å².